The molecule has 7 aromatic rings. The summed E-state index contributed by atoms with van der Waals surface area (Å²) in [4.78, 5) is 0. The third-order valence-corrected chi connectivity index (χ3v) is 8.14. The fourth-order valence-corrected chi connectivity index (χ4v) is 6.13. The van der Waals surface area contributed by atoms with Gasteiger partial charge in [-0.2, -0.15) is 12.1 Å². The molecule has 0 aliphatic rings. The topological polar surface area (TPSA) is 0 Å². The van der Waals surface area contributed by atoms with Gasteiger partial charge in [-0.3, -0.25) is 0 Å². The molecule has 44 heavy (non-hydrogen) atoms. The minimum absolute atomic E-state index is 0. The number of rotatable bonds is 3. The molecule has 0 amide bonds. The van der Waals surface area contributed by atoms with E-state index in [1.165, 1.54) is 100 Å². The van der Waals surface area contributed by atoms with Crippen molar-refractivity contribution in [3.63, 3.8) is 0 Å². The van der Waals surface area contributed by atoms with Crippen molar-refractivity contribution in [1.82, 2.24) is 0 Å². The van der Waals surface area contributed by atoms with Gasteiger partial charge in [0.2, 0.25) is 0 Å². The number of aryl methyl sites for hydroxylation is 3. The Labute approximate surface area is 282 Å². The van der Waals surface area contributed by atoms with Gasteiger partial charge in [0.1, 0.15) is 0 Å². The molecule has 0 N–H and O–H groups in total. The second kappa shape index (κ2) is 15.6. The first-order valence-electron chi connectivity index (χ1n) is 14.6. The van der Waals surface area contributed by atoms with E-state index in [-0.39, 0.29) is 14.9 Å². The number of hydrogen-bond acceptors (Lipinski definition) is 0. The molecule has 0 saturated heterocycles. The summed E-state index contributed by atoms with van der Waals surface area (Å²) in [6.07, 6.45) is 0. The Morgan fingerprint density at radius 3 is 1.95 bits per heavy atom. The van der Waals surface area contributed by atoms with Crippen molar-refractivity contribution >= 4 is 39.2 Å². The van der Waals surface area contributed by atoms with E-state index in [2.05, 4.69) is 163 Å². The van der Waals surface area contributed by atoms with Crippen molar-refractivity contribution in [3.05, 3.63) is 158 Å². The van der Waals surface area contributed by atoms with E-state index in [9.17, 15) is 0 Å². The second-order valence-electron chi connectivity index (χ2n) is 11.4. The molecule has 2 radical (unpaired) electrons. The molecule has 0 nitrogen and oxygen atoms in total. The van der Waals surface area contributed by atoms with Gasteiger partial charge in [-0.25, -0.2) is 0 Å². The zero-order valence-electron chi connectivity index (χ0n) is 27.1. The van der Waals surface area contributed by atoms with Gasteiger partial charge in [0.15, 0.2) is 0 Å². The monoisotopic (exact) mass is 664 g/mol. The number of benzene rings is 5. The molecule has 222 valence electrons. The minimum atomic E-state index is 0. The van der Waals surface area contributed by atoms with Gasteiger partial charge in [-0.05, 0) is 34.7 Å². The van der Waals surface area contributed by atoms with Gasteiger partial charge in [-0.1, -0.05) is 129 Å². The Kier molecular flexibility index (Phi) is 12.5. The Bertz CT molecular complexity index is 1970. The summed E-state index contributed by atoms with van der Waals surface area (Å²) in [5.74, 6) is 0.584. The number of hydrogen-bond donors (Lipinski definition) is 0. The number of fused-ring (bicyclic) bond motifs is 3. The zero-order valence-corrected chi connectivity index (χ0v) is 30.6. The molecule has 7 aromatic carbocycles. The summed E-state index contributed by atoms with van der Waals surface area (Å²) < 4.78 is 0. The Hall–Kier alpha value is -3.32. The molecule has 0 saturated carbocycles. The molecule has 0 aromatic heterocycles. The van der Waals surface area contributed by atoms with Crippen LogP contribution < -0.4 is 0 Å². The molecular formula is C42H42SiZr-4. The average Bonchev–Trinajstić information content (AvgIpc) is 3.63. The van der Waals surface area contributed by atoms with Crippen LogP contribution in [0.2, 0.25) is 0 Å². The summed E-state index contributed by atoms with van der Waals surface area (Å²) in [6, 6.07) is 44.0. The first-order valence-corrected chi connectivity index (χ1v) is 18.7. The second-order valence-corrected chi connectivity index (χ2v) is 11.4. The third kappa shape index (κ3) is 7.14. The maximum absolute atomic E-state index is 3.06. The zero-order chi connectivity index (χ0) is 29.8. The summed E-state index contributed by atoms with van der Waals surface area (Å²) in [6.45, 7) is 14.2. The van der Waals surface area contributed by atoms with Crippen LogP contribution >= 0.6 is 0 Å². The van der Waals surface area contributed by atoms with Crippen LogP contribution in [0.4, 0.5) is 0 Å². The first-order chi connectivity index (χ1) is 20.4. The van der Waals surface area contributed by atoms with Gasteiger partial charge in [0, 0.05) is 0 Å². The van der Waals surface area contributed by atoms with E-state index in [1.54, 1.807) is 0 Å². The molecule has 0 aliphatic carbocycles. The third-order valence-electron chi connectivity index (χ3n) is 8.14. The molecule has 0 atom stereocenters. The Balaban J connectivity index is 0.000000222. The summed E-state index contributed by atoms with van der Waals surface area (Å²) in [5.41, 5.74) is 10.8. The van der Waals surface area contributed by atoms with Crippen molar-refractivity contribution in [2.24, 2.45) is 0 Å². The predicted octanol–water partition coefficient (Wildman–Crippen LogP) is 12.2. The van der Waals surface area contributed by atoms with Gasteiger partial charge in [-0.15, -0.1) is 62.5 Å². The molecule has 0 spiro atoms. The van der Waals surface area contributed by atoms with Crippen LogP contribution in [-0.4, -0.2) is 6.88 Å². The van der Waals surface area contributed by atoms with Crippen LogP contribution in [0.5, 0.6) is 0 Å². The summed E-state index contributed by atoms with van der Waals surface area (Å²) in [5, 5.41) is 8.11. The molecule has 0 aliphatic heterocycles. The predicted molar refractivity (Wildman–Crippen MR) is 194 cm³/mol. The molecular weight excluding hydrogens is 624 g/mol. The van der Waals surface area contributed by atoms with Gasteiger partial charge >= 0.3 is 30.2 Å². The molecule has 0 unspecified atom stereocenters. The van der Waals surface area contributed by atoms with Crippen molar-refractivity contribution in [2.45, 2.75) is 40.5 Å². The quantitative estimate of drug-likeness (QED) is 0.130. The Morgan fingerprint density at radius 2 is 1.23 bits per heavy atom. The van der Waals surface area contributed by atoms with Crippen LogP contribution in [0.3, 0.4) is 0 Å². The molecule has 0 heterocycles. The summed E-state index contributed by atoms with van der Waals surface area (Å²) >= 11 is 1.36. The Morgan fingerprint density at radius 1 is 0.591 bits per heavy atom. The van der Waals surface area contributed by atoms with E-state index in [1.807, 2.05) is 0 Å². The van der Waals surface area contributed by atoms with E-state index >= 15 is 0 Å². The van der Waals surface area contributed by atoms with Gasteiger partial charge in [0.25, 0.3) is 0 Å². The van der Waals surface area contributed by atoms with Crippen LogP contribution in [0, 0.1) is 35.6 Å². The van der Waals surface area contributed by atoms with Gasteiger partial charge in [0.05, 0.1) is 0 Å². The van der Waals surface area contributed by atoms with Crippen molar-refractivity contribution in [1.29, 1.82) is 0 Å². The van der Waals surface area contributed by atoms with E-state index in [0.29, 0.717) is 5.92 Å². The van der Waals surface area contributed by atoms with Crippen molar-refractivity contribution in [3.8, 4) is 22.3 Å². The van der Waals surface area contributed by atoms with E-state index in [4.69, 9.17) is 0 Å². The average molecular weight is 666 g/mol. The SMILES string of the molecule is CC(C)c1cc2c(-c3ccccc3)cccc2[cH-]1.Cc1cc2c(-c3cccc4ccccc34)c(C)cc(C)c2[cH-]1.[CH3-].[CH3-].[Si]=[Zr]. The van der Waals surface area contributed by atoms with Crippen molar-refractivity contribution < 1.29 is 23.3 Å². The normalized spacial score (nSPS) is 10.4. The standard InChI is InChI=1S/C22H19.C18H17.2CH3.Si.Zr/c1-14-11-20-15(2)13-16(3)22(21(20)12-14)19-10-6-8-17-7-4-5-9-18(17)19;1-13(2)16-11-15-9-6-10-17(18(15)12-16)14-7-4-3-5-8-14;;;;/h4-13H,1-3H3;3-13H,1-2H3;2*1H3;;/q4*-1;;. The van der Waals surface area contributed by atoms with E-state index in [0.717, 1.165) is 0 Å². The molecule has 2 heteroatoms. The molecule has 0 bridgehead atoms. The fraction of sp³-hybridized carbons (Fsp3) is 0.143. The van der Waals surface area contributed by atoms with Crippen molar-refractivity contribution in [2.75, 3.05) is 0 Å². The van der Waals surface area contributed by atoms with Crippen LogP contribution in [0.1, 0.15) is 42.0 Å². The molecule has 7 rings (SSSR count). The molecule has 0 fully saturated rings. The van der Waals surface area contributed by atoms with Crippen LogP contribution in [0.25, 0.3) is 54.6 Å². The maximum atomic E-state index is 3.06. The fourth-order valence-electron chi connectivity index (χ4n) is 6.13. The van der Waals surface area contributed by atoms with Crippen LogP contribution in [0.15, 0.2) is 121 Å². The van der Waals surface area contributed by atoms with Gasteiger partial charge < -0.3 is 14.9 Å². The summed E-state index contributed by atoms with van der Waals surface area (Å²) in [7, 11) is 0. The van der Waals surface area contributed by atoms with Crippen LogP contribution in [-0.2, 0) is 23.3 Å². The first kappa shape index (κ1) is 35.2. The van der Waals surface area contributed by atoms with E-state index < -0.39 is 0 Å².